The third kappa shape index (κ3) is 4.20. The second-order valence-corrected chi connectivity index (χ2v) is 5.12. The molecule has 18 heavy (non-hydrogen) atoms. The third-order valence-corrected chi connectivity index (χ3v) is 2.42. The smallest absolute Gasteiger partial charge is 0.303 e. The summed E-state index contributed by atoms with van der Waals surface area (Å²) >= 11 is 0. The van der Waals surface area contributed by atoms with E-state index in [1.165, 1.54) is 6.92 Å². The lowest BCUT2D eigenvalue weighted by Crippen LogP contribution is -2.22. The van der Waals surface area contributed by atoms with Crippen LogP contribution in [0.3, 0.4) is 0 Å². The molecule has 0 aliphatic carbocycles. The van der Waals surface area contributed by atoms with Gasteiger partial charge in [-0.3, -0.25) is 9.59 Å². The highest BCUT2D eigenvalue weighted by molar-refractivity contribution is 5.93. The van der Waals surface area contributed by atoms with Gasteiger partial charge in [-0.2, -0.15) is 0 Å². The van der Waals surface area contributed by atoms with Crippen LogP contribution in [-0.2, 0) is 19.7 Å². The minimum atomic E-state index is -0.464. The second-order valence-electron chi connectivity index (χ2n) is 5.12. The lowest BCUT2D eigenvalue weighted by Gasteiger charge is -2.22. The summed E-state index contributed by atoms with van der Waals surface area (Å²) in [5.41, 5.74) is 1.73. The van der Waals surface area contributed by atoms with E-state index in [9.17, 15) is 9.59 Å². The van der Waals surface area contributed by atoms with Crippen molar-refractivity contribution in [2.45, 2.75) is 33.1 Å². The number of hydrogen-bond acceptors (Lipinski definition) is 3. The Bertz CT molecular complexity index is 447. The summed E-state index contributed by atoms with van der Waals surface area (Å²) in [6, 6.07) is 7.60. The van der Waals surface area contributed by atoms with E-state index in [1.54, 1.807) is 0 Å². The molecule has 1 amide bonds. The van der Waals surface area contributed by atoms with Gasteiger partial charge >= 0.3 is 5.97 Å². The van der Waals surface area contributed by atoms with Crippen molar-refractivity contribution >= 4 is 17.6 Å². The number of esters is 1. The molecule has 0 heterocycles. The minimum Gasteiger partial charge on any atom is -0.456 e. The molecule has 4 nitrogen and oxygen atoms in total. The van der Waals surface area contributed by atoms with Crippen LogP contribution in [0.25, 0.3) is 0 Å². The van der Waals surface area contributed by atoms with Gasteiger partial charge in [0.05, 0.1) is 0 Å². The van der Waals surface area contributed by atoms with E-state index < -0.39 is 5.97 Å². The third-order valence-electron chi connectivity index (χ3n) is 2.42. The van der Waals surface area contributed by atoms with Gasteiger partial charge in [0.1, 0.15) is 0 Å². The van der Waals surface area contributed by atoms with Crippen molar-refractivity contribution in [1.29, 1.82) is 0 Å². The molecule has 0 fully saturated rings. The van der Waals surface area contributed by atoms with Gasteiger partial charge in [-0.05, 0) is 17.0 Å². The van der Waals surface area contributed by atoms with Gasteiger partial charge in [-0.1, -0.05) is 39.0 Å². The molecular weight excluding hydrogens is 230 g/mol. The van der Waals surface area contributed by atoms with Crippen molar-refractivity contribution in [3.8, 4) is 0 Å². The molecule has 1 N–H and O–H groups in total. The van der Waals surface area contributed by atoms with E-state index in [0.29, 0.717) is 0 Å². The zero-order valence-corrected chi connectivity index (χ0v) is 11.2. The zero-order valence-electron chi connectivity index (χ0n) is 11.2. The molecule has 0 unspecified atom stereocenters. The first-order valence-corrected chi connectivity index (χ1v) is 5.83. The molecule has 1 aromatic rings. The van der Waals surface area contributed by atoms with Crippen LogP contribution in [0.15, 0.2) is 24.3 Å². The molecular formula is C14H19NO3. The second kappa shape index (κ2) is 5.67. The van der Waals surface area contributed by atoms with Crippen molar-refractivity contribution in [3.63, 3.8) is 0 Å². The van der Waals surface area contributed by atoms with Crippen molar-refractivity contribution in [2.75, 3.05) is 11.9 Å². The predicted octanol–water partition coefficient (Wildman–Crippen LogP) is 2.49. The van der Waals surface area contributed by atoms with E-state index in [0.717, 1.165) is 11.3 Å². The van der Waals surface area contributed by atoms with E-state index in [4.69, 9.17) is 0 Å². The zero-order chi connectivity index (χ0) is 13.8. The minimum absolute atomic E-state index is 0.0642. The van der Waals surface area contributed by atoms with Gasteiger partial charge in [0, 0.05) is 12.6 Å². The molecule has 98 valence electrons. The fraction of sp³-hybridized carbons (Fsp3) is 0.429. The quantitative estimate of drug-likeness (QED) is 0.837. The molecule has 1 rings (SSSR count). The van der Waals surface area contributed by atoms with Gasteiger partial charge in [0.2, 0.25) is 0 Å². The average Bonchev–Trinajstić information content (AvgIpc) is 2.25. The number of amides is 1. The summed E-state index contributed by atoms with van der Waals surface area (Å²) in [6.45, 7) is 7.24. The monoisotopic (exact) mass is 249 g/mol. The first-order valence-electron chi connectivity index (χ1n) is 5.83. The number of para-hydroxylation sites is 1. The molecule has 0 saturated carbocycles. The van der Waals surface area contributed by atoms with Gasteiger partial charge < -0.3 is 10.1 Å². The maximum absolute atomic E-state index is 11.6. The van der Waals surface area contributed by atoms with Crippen LogP contribution in [0.5, 0.6) is 0 Å². The van der Waals surface area contributed by atoms with Crippen molar-refractivity contribution in [3.05, 3.63) is 29.8 Å². The largest absolute Gasteiger partial charge is 0.456 e. The van der Waals surface area contributed by atoms with E-state index >= 15 is 0 Å². The van der Waals surface area contributed by atoms with Gasteiger partial charge in [0.25, 0.3) is 5.91 Å². The van der Waals surface area contributed by atoms with Crippen LogP contribution < -0.4 is 5.32 Å². The van der Waals surface area contributed by atoms with E-state index in [-0.39, 0.29) is 17.9 Å². The highest BCUT2D eigenvalue weighted by atomic mass is 16.5. The molecule has 0 radical (unpaired) electrons. The first kappa shape index (κ1) is 14.2. The predicted molar refractivity (Wildman–Crippen MR) is 70.4 cm³/mol. The Labute approximate surface area is 107 Å². The van der Waals surface area contributed by atoms with Crippen LogP contribution >= 0.6 is 0 Å². The Morgan fingerprint density at radius 2 is 1.83 bits per heavy atom. The van der Waals surface area contributed by atoms with Crippen LogP contribution in [-0.4, -0.2) is 18.5 Å². The SMILES string of the molecule is CC(=O)OCC(=O)Nc1ccccc1C(C)(C)C. The van der Waals surface area contributed by atoms with Gasteiger partial charge in [0.15, 0.2) is 6.61 Å². The molecule has 0 aliphatic rings. The highest BCUT2D eigenvalue weighted by Gasteiger charge is 2.18. The summed E-state index contributed by atoms with van der Waals surface area (Å²) in [5.74, 6) is -0.795. The number of anilines is 1. The maximum atomic E-state index is 11.6. The Kier molecular flexibility index (Phi) is 4.48. The Balaban J connectivity index is 2.79. The number of carbonyl (C=O) groups excluding carboxylic acids is 2. The van der Waals surface area contributed by atoms with E-state index in [2.05, 4.69) is 30.8 Å². The van der Waals surface area contributed by atoms with Crippen LogP contribution in [0.4, 0.5) is 5.69 Å². The fourth-order valence-electron chi connectivity index (χ4n) is 1.60. The first-order chi connectivity index (χ1) is 8.30. The molecule has 1 aromatic carbocycles. The summed E-state index contributed by atoms with van der Waals surface area (Å²) in [5, 5.41) is 2.76. The standard InChI is InChI=1S/C14H19NO3/c1-10(16)18-9-13(17)15-12-8-6-5-7-11(12)14(2,3)4/h5-8H,9H2,1-4H3,(H,15,17). The summed E-state index contributed by atoms with van der Waals surface area (Å²) in [4.78, 5) is 22.2. The lowest BCUT2D eigenvalue weighted by atomic mass is 9.86. The summed E-state index contributed by atoms with van der Waals surface area (Å²) in [7, 11) is 0. The summed E-state index contributed by atoms with van der Waals surface area (Å²) in [6.07, 6.45) is 0. The van der Waals surface area contributed by atoms with Crippen LogP contribution in [0, 0.1) is 0 Å². The summed E-state index contributed by atoms with van der Waals surface area (Å²) < 4.78 is 4.65. The average molecular weight is 249 g/mol. The molecule has 0 aromatic heterocycles. The van der Waals surface area contributed by atoms with Gasteiger partial charge in [-0.15, -0.1) is 0 Å². The van der Waals surface area contributed by atoms with Crippen molar-refractivity contribution < 1.29 is 14.3 Å². The molecule has 0 aliphatic heterocycles. The lowest BCUT2D eigenvalue weighted by molar-refractivity contribution is -0.144. The molecule has 0 spiro atoms. The number of carbonyl (C=O) groups is 2. The number of nitrogens with one attached hydrogen (secondary N) is 1. The van der Waals surface area contributed by atoms with Crippen molar-refractivity contribution in [1.82, 2.24) is 0 Å². The van der Waals surface area contributed by atoms with Gasteiger partial charge in [-0.25, -0.2) is 0 Å². The number of benzene rings is 1. The highest BCUT2D eigenvalue weighted by Crippen LogP contribution is 2.29. The topological polar surface area (TPSA) is 55.4 Å². The van der Waals surface area contributed by atoms with E-state index in [1.807, 2.05) is 24.3 Å². The Morgan fingerprint density at radius 1 is 1.22 bits per heavy atom. The molecule has 0 saturated heterocycles. The Hall–Kier alpha value is -1.84. The van der Waals surface area contributed by atoms with Crippen molar-refractivity contribution in [2.24, 2.45) is 0 Å². The Morgan fingerprint density at radius 3 is 2.39 bits per heavy atom. The number of ether oxygens (including phenoxy) is 1. The number of rotatable bonds is 3. The fourth-order valence-corrected chi connectivity index (χ4v) is 1.60. The molecule has 4 heteroatoms. The molecule has 0 bridgehead atoms. The molecule has 0 atom stereocenters. The maximum Gasteiger partial charge on any atom is 0.303 e. The number of hydrogen-bond donors (Lipinski definition) is 1. The van der Waals surface area contributed by atoms with Crippen LogP contribution in [0.2, 0.25) is 0 Å². The normalized spacial score (nSPS) is 10.9. The van der Waals surface area contributed by atoms with Crippen LogP contribution in [0.1, 0.15) is 33.3 Å².